The fourth-order valence-corrected chi connectivity index (χ4v) is 7.19. The molecule has 4 aliphatic rings. The molecule has 9 nitrogen and oxygen atoms in total. The number of hydrogen-bond donors (Lipinski definition) is 1. The summed E-state index contributed by atoms with van der Waals surface area (Å²) in [7, 11) is 3.37. The number of nitrogens with one attached hydrogen (secondary N) is 1. The quantitative estimate of drug-likeness (QED) is 0.487. The first-order chi connectivity index (χ1) is 18.2. The molecule has 4 aliphatic heterocycles. The van der Waals surface area contributed by atoms with Gasteiger partial charge in [-0.15, -0.1) is 0 Å². The van der Waals surface area contributed by atoms with Crippen molar-refractivity contribution in [1.29, 1.82) is 0 Å². The van der Waals surface area contributed by atoms with E-state index in [-0.39, 0.29) is 33.7 Å². The van der Waals surface area contributed by atoms with Crippen LogP contribution in [-0.4, -0.2) is 96.5 Å². The number of aromatic nitrogens is 2. The maximum atomic E-state index is 15.4. The highest BCUT2D eigenvalue weighted by Gasteiger charge is 2.50. The highest BCUT2D eigenvalue weighted by molar-refractivity contribution is 9.10. The SMILES string of the molecule is CN(C)C(=O)OCC1CCC2(COc3nc(N4CC5CCC(C4)N5)c4cc(Cl)c(Br)c(F)c4n3)CCCN12. The minimum Gasteiger partial charge on any atom is -0.461 e. The highest BCUT2D eigenvalue weighted by Crippen LogP contribution is 2.43. The van der Waals surface area contributed by atoms with Gasteiger partial charge >= 0.3 is 12.1 Å². The van der Waals surface area contributed by atoms with Gasteiger partial charge in [0.05, 0.1) is 15.0 Å². The number of amides is 1. The van der Waals surface area contributed by atoms with Gasteiger partial charge in [-0.3, -0.25) is 4.90 Å². The van der Waals surface area contributed by atoms with Crippen LogP contribution in [0.2, 0.25) is 5.02 Å². The number of hydrogen-bond acceptors (Lipinski definition) is 8. The number of rotatable bonds is 6. The third-order valence-corrected chi connectivity index (χ3v) is 9.87. The topological polar surface area (TPSA) is 83.1 Å². The first kappa shape index (κ1) is 26.3. The van der Waals surface area contributed by atoms with Crippen LogP contribution in [0.1, 0.15) is 38.5 Å². The lowest BCUT2D eigenvalue weighted by Gasteiger charge is -2.35. The molecule has 5 heterocycles. The first-order valence-corrected chi connectivity index (χ1v) is 14.5. The molecule has 2 bridgehead atoms. The Bertz CT molecular complexity index is 1240. The molecule has 2 aromatic rings. The summed E-state index contributed by atoms with van der Waals surface area (Å²) in [4.78, 5) is 27.4. The van der Waals surface area contributed by atoms with Crippen LogP contribution in [0.25, 0.3) is 10.9 Å². The Balaban J connectivity index is 1.26. The van der Waals surface area contributed by atoms with Crippen molar-refractivity contribution in [1.82, 2.24) is 25.1 Å². The summed E-state index contributed by atoms with van der Waals surface area (Å²) >= 11 is 9.62. The van der Waals surface area contributed by atoms with E-state index in [0.29, 0.717) is 41.5 Å². The maximum Gasteiger partial charge on any atom is 0.409 e. The number of piperazine rings is 1. The number of ether oxygens (including phenoxy) is 2. The van der Waals surface area contributed by atoms with Crippen LogP contribution in [0.3, 0.4) is 0 Å². The molecule has 4 saturated heterocycles. The third kappa shape index (κ3) is 4.69. The molecule has 0 aliphatic carbocycles. The summed E-state index contributed by atoms with van der Waals surface area (Å²) in [5.74, 6) is 0.153. The van der Waals surface area contributed by atoms with Crippen LogP contribution in [0.4, 0.5) is 15.0 Å². The Labute approximate surface area is 235 Å². The molecule has 4 fully saturated rings. The normalized spacial score (nSPS) is 28.7. The second kappa shape index (κ2) is 10.2. The van der Waals surface area contributed by atoms with E-state index in [1.807, 2.05) is 0 Å². The van der Waals surface area contributed by atoms with Crippen molar-refractivity contribution in [3.63, 3.8) is 0 Å². The average molecular weight is 612 g/mol. The molecule has 1 amide bonds. The number of halogens is 3. The molecular formula is C26H33BrClFN6O3. The molecule has 12 heteroatoms. The van der Waals surface area contributed by atoms with Crippen LogP contribution in [0, 0.1) is 5.82 Å². The van der Waals surface area contributed by atoms with Gasteiger partial charge in [-0.2, -0.15) is 9.97 Å². The predicted molar refractivity (Wildman–Crippen MR) is 147 cm³/mol. The van der Waals surface area contributed by atoms with Crippen LogP contribution < -0.4 is 15.0 Å². The molecule has 1 aromatic carbocycles. The summed E-state index contributed by atoms with van der Waals surface area (Å²) in [6.45, 7) is 3.28. The summed E-state index contributed by atoms with van der Waals surface area (Å²) in [6.07, 6.45) is 5.82. The van der Waals surface area contributed by atoms with Crippen LogP contribution in [-0.2, 0) is 4.74 Å². The van der Waals surface area contributed by atoms with Crippen molar-refractivity contribution in [2.24, 2.45) is 0 Å². The van der Waals surface area contributed by atoms with Crippen molar-refractivity contribution in [3.05, 3.63) is 21.4 Å². The van der Waals surface area contributed by atoms with E-state index in [4.69, 9.17) is 26.1 Å². The van der Waals surface area contributed by atoms with E-state index in [1.165, 1.54) is 4.90 Å². The van der Waals surface area contributed by atoms with Crippen molar-refractivity contribution in [2.45, 2.75) is 62.2 Å². The molecule has 4 unspecified atom stereocenters. The highest BCUT2D eigenvalue weighted by atomic mass is 79.9. The molecule has 0 radical (unpaired) electrons. The number of nitrogens with zero attached hydrogens (tertiary/aromatic N) is 5. The predicted octanol–water partition coefficient (Wildman–Crippen LogP) is 4.20. The molecule has 1 aromatic heterocycles. The number of benzene rings is 1. The van der Waals surface area contributed by atoms with Crippen LogP contribution in [0.5, 0.6) is 6.01 Å². The van der Waals surface area contributed by atoms with Gasteiger partial charge in [0.1, 0.15) is 24.5 Å². The van der Waals surface area contributed by atoms with E-state index >= 15 is 4.39 Å². The summed E-state index contributed by atoms with van der Waals surface area (Å²) < 4.78 is 27.4. The first-order valence-electron chi connectivity index (χ1n) is 13.3. The van der Waals surface area contributed by atoms with Crippen LogP contribution in [0.15, 0.2) is 10.5 Å². The smallest absolute Gasteiger partial charge is 0.409 e. The second-order valence-corrected chi connectivity index (χ2v) is 12.4. The summed E-state index contributed by atoms with van der Waals surface area (Å²) in [5.41, 5.74) is 0.0360. The Morgan fingerprint density at radius 3 is 2.76 bits per heavy atom. The van der Waals surface area contributed by atoms with Gasteiger partial charge in [0, 0.05) is 50.7 Å². The average Bonchev–Trinajstić information content (AvgIpc) is 3.57. The third-order valence-electron chi connectivity index (χ3n) is 8.57. The minimum atomic E-state index is -0.511. The Hall–Kier alpha value is -1.95. The zero-order valence-electron chi connectivity index (χ0n) is 21.7. The summed E-state index contributed by atoms with van der Waals surface area (Å²) in [6, 6.07) is 2.85. The second-order valence-electron chi connectivity index (χ2n) is 11.2. The van der Waals surface area contributed by atoms with Gasteiger partial charge in [-0.1, -0.05) is 11.6 Å². The molecule has 0 saturated carbocycles. The molecule has 38 heavy (non-hydrogen) atoms. The molecular weight excluding hydrogens is 579 g/mol. The number of carbonyl (C=O) groups is 1. The molecule has 1 N–H and O–H groups in total. The van der Waals surface area contributed by atoms with Crippen LogP contribution >= 0.6 is 27.5 Å². The Morgan fingerprint density at radius 1 is 1.26 bits per heavy atom. The van der Waals surface area contributed by atoms with E-state index in [1.54, 1.807) is 20.2 Å². The fraction of sp³-hybridized carbons (Fsp3) is 0.654. The van der Waals surface area contributed by atoms with Crippen molar-refractivity contribution in [2.75, 3.05) is 51.8 Å². The zero-order valence-corrected chi connectivity index (χ0v) is 24.0. The van der Waals surface area contributed by atoms with Gasteiger partial charge < -0.3 is 24.6 Å². The van der Waals surface area contributed by atoms with E-state index in [0.717, 1.165) is 58.2 Å². The van der Waals surface area contributed by atoms with Gasteiger partial charge in [-0.05, 0) is 67.1 Å². The van der Waals surface area contributed by atoms with Gasteiger partial charge in [0.15, 0.2) is 5.82 Å². The zero-order chi connectivity index (χ0) is 26.6. The minimum absolute atomic E-state index is 0.157. The molecule has 4 atom stereocenters. The summed E-state index contributed by atoms with van der Waals surface area (Å²) in [5, 5.41) is 4.52. The standard InChI is InChI=1S/C26H33BrClFN6O3/c1-33(2)25(36)37-13-17-6-8-26(7-3-9-35(17)26)14-38-24-31-22-18(10-19(28)20(27)21(22)29)23(32-24)34-11-15-4-5-16(12-34)30-15/h10,15-17,30H,3-9,11-14H2,1-2H3. The lowest BCUT2D eigenvalue weighted by Crippen LogP contribution is -2.51. The van der Waals surface area contributed by atoms with E-state index in [9.17, 15) is 4.79 Å². The monoisotopic (exact) mass is 610 g/mol. The van der Waals surface area contributed by atoms with Gasteiger partial charge in [0.2, 0.25) is 0 Å². The largest absolute Gasteiger partial charge is 0.461 e. The lowest BCUT2D eigenvalue weighted by atomic mass is 9.95. The van der Waals surface area contributed by atoms with E-state index < -0.39 is 5.82 Å². The van der Waals surface area contributed by atoms with Gasteiger partial charge in [0.25, 0.3) is 0 Å². The Kier molecular flexibility index (Phi) is 7.07. The van der Waals surface area contributed by atoms with Crippen molar-refractivity contribution in [3.8, 4) is 6.01 Å². The number of carbonyl (C=O) groups excluding carboxylic acids is 1. The molecule has 206 valence electrons. The molecule has 6 rings (SSSR count). The number of anilines is 1. The molecule has 0 spiro atoms. The van der Waals surface area contributed by atoms with Gasteiger partial charge in [-0.25, -0.2) is 9.18 Å². The Morgan fingerprint density at radius 2 is 2.03 bits per heavy atom. The maximum absolute atomic E-state index is 15.4. The van der Waals surface area contributed by atoms with E-state index in [2.05, 4.69) is 36.0 Å². The fourth-order valence-electron chi connectivity index (χ4n) is 6.70. The van der Waals surface area contributed by atoms with Crippen molar-refractivity contribution < 1.29 is 18.7 Å². The lowest BCUT2D eigenvalue weighted by molar-refractivity contribution is 0.0484. The van der Waals surface area contributed by atoms with Crippen molar-refractivity contribution >= 4 is 50.3 Å². The number of fused-ring (bicyclic) bond motifs is 4.